The van der Waals surface area contributed by atoms with Crippen molar-refractivity contribution in [3.63, 3.8) is 0 Å². The minimum absolute atomic E-state index is 0.161. The topological polar surface area (TPSA) is 32.3 Å². The van der Waals surface area contributed by atoms with Crippen molar-refractivity contribution in [2.45, 2.75) is 25.5 Å². The number of halogens is 1. The first-order valence-corrected chi connectivity index (χ1v) is 6.76. The monoisotopic (exact) mass is 273 g/mol. The molecule has 2 aromatic carbocycles. The molecule has 2 nitrogen and oxygen atoms in total. The third-order valence-electron chi connectivity index (χ3n) is 3.52. The van der Waals surface area contributed by atoms with E-state index in [1.807, 2.05) is 43.3 Å². The second-order valence-electron chi connectivity index (χ2n) is 5.26. The zero-order valence-corrected chi connectivity index (χ0v) is 11.8. The SMILES string of the molecule is CC(NCC(C)(O)c1ccccc1)c1ccccc1F. The van der Waals surface area contributed by atoms with Gasteiger partial charge in [-0.25, -0.2) is 4.39 Å². The van der Waals surface area contributed by atoms with Crippen molar-refractivity contribution in [1.29, 1.82) is 0 Å². The van der Waals surface area contributed by atoms with Crippen LogP contribution >= 0.6 is 0 Å². The average Bonchev–Trinajstić information content (AvgIpc) is 2.46. The molecule has 2 N–H and O–H groups in total. The molecule has 2 aromatic rings. The van der Waals surface area contributed by atoms with Crippen molar-refractivity contribution >= 4 is 0 Å². The van der Waals surface area contributed by atoms with Gasteiger partial charge in [-0.15, -0.1) is 0 Å². The summed E-state index contributed by atoms with van der Waals surface area (Å²) >= 11 is 0. The summed E-state index contributed by atoms with van der Waals surface area (Å²) in [5.41, 5.74) is 0.463. The Morgan fingerprint density at radius 3 is 2.35 bits per heavy atom. The number of nitrogens with one attached hydrogen (secondary N) is 1. The van der Waals surface area contributed by atoms with E-state index in [9.17, 15) is 9.50 Å². The Labute approximate surface area is 119 Å². The molecule has 0 saturated heterocycles. The highest BCUT2D eigenvalue weighted by molar-refractivity contribution is 5.23. The Kier molecular flexibility index (Phi) is 4.53. The van der Waals surface area contributed by atoms with Gasteiger partial charge in [-0.3, -0.25) is 0 Å². The van der Waals surface area contributed by atoms with Crippen LogP contribution in [0.5, 0.6) is 0 Å². The van der Waals surface area contributed by atoms with Crippen LogP contribution in [0.4, 0.5) is 4.39 Å². The van der Waals surface area contributed by atoms with E-state index < -0.39 is 5.60 Å². The Morgan fingerprint density at radius 2 is 1.70 bits per heavy atom. The maximum atomic E-state index is 13.7. The summed E-state index contributed by atoms with van der Waals surface area (Å²) in [7, 11) is 0. The van der Waals surface area contributed by atoms with E-state index in [0.717, 1.165) is 5.56 Å². The van der Waals surface area contributed by atoms with Gasteiger partial charge in [0.05, 0.1) is 5.60 Å². The molecule has 0 aliphatic heterocycles. The molecule has 2 atom stereocenters. The molecule has 0 aliphatic rings. The Balaban J connectivity index is 2.03. The fraction of sp³-hybridized carbons (Fsp3) is 0.294. The van der Waals surface area contributed by atoms with E-state index in [4.69, 9.17) is 0 Å². The highest BCUT2D eigenvalue weighted by Gasteiger charge is 2.23. The molecule has 20 heavy (non-hydrogen) atoms. The molecule has 0 radical (unpaired) electrons. The molecule has 3 heteroatoms. The Morgan fingerprint density at radius 1 is 1.10 bits per heavy atom. The van der Waals surface area contributed by atoms with Gasteiger partial charge < -0.3 is 10.4 Å². The van der Waals surface area contributed by atoms with Crippen LogP contribution < -0.4 is 5.32 Å². The van der Waals surface area contributed by atoms with Crippen LogP contribution in [0, 0.1) is 5.82 Å². The molecule has 0 aromatic heterocycles. The lowest BCUT2D eigenvalue weighted by molar-refractivity contribution is 0.0542. The number of aliphatic hydroxyl groups is 1. The molecule has 2 rings (SSSR count). The summed E-state index contributed by atoms with van der Waals surface area (Å²) in [5, 5.41) is 13.7. The van der Waals surface area contributed by atoms with Crippen LogP contribution in [0.3, 0.4) is 0 Å². The number of rotatable bonds is 5. The lowest BCUT2D eigenvalue weighted by Gasteiger charge is -2.26. The quantitative estimate of drug-likeness (QED) is 0.875. The molecule has 2 unspecified atom stereocenters. The summed E-state index contributed by atoms with van der Waals surface area (Å²) in [6, 6.07) is 16.0. The van der Waals surface area contributed by atoms with E-state index in [0.29, 0.717) is 12.1 Å². The smallest absolute Gasteiger partial charge is 0.127 e. The van der Waals surface area contributed by atoms with Gasteiger partial charge in [-0.2, -0.15) is 0 Å². The molecule has 0 bridgehead atoms. The van der Waals surface area contributed by atoms with E-state index in [-0.39, 0.29) is 11.9 Å². The van der Waals surface area contributed by atoms with E-state index in [1.165, 1.54) is 6.07 Å². The molecule has 0 fully saturated rings. The second-order valence-corrected chi connectivity index (χ2v) is 5.26. The molecule has 0 saturated carbocycles. The molecule has 0 heterocycles. The lowest BCUT2D eigenvalue weighted by Crippen LogP contribution is -2.36. The fourth-order valence-corrected chi connectivity index (χ4v) is 2.19. The second kappa shape index (κ2) is 6.16. The van der Waals surface area contributed by atoms with Gasteiger partial charge in [-0.05, 0) is 25.5 Å². The molecule has 0 spiro atoms. The summed E-state index contributed by atoms with van der Waals surface area (Å²) < 4.78 is 13.7. The van der Waals surface area contributed by atoms with Crippen LogP contribution in [0.1, 0.15) is 31.0 Å². The van der Waals surface area contributed by atoms with Gasteiger partial charge in [0.1, 0.15) is 5.82 Å². The van der Waals surface area contributed by atoms with Gasteiger partial charge in [0.15, 0.2) is 0 Å². The van der Waals surface area contributed by atoms with Gasteiger partial charge in [0.25, 0.3) is 0 Å². The van der Waals surface area contributed by atoms with Crippen LogP contribution in [-0.4, -0.2) is 11.7 Å². The van der Waals surface area contributed by atoms with Crippen molar-refractivity contribution < 1.29 is 9.50 Å². The summed E-state index contributed by atoms with van der Waals surface area (Å²) in [5.74, 6) is -0.230. The van der Waals surface area contributed by atoms with E-state index in [2.05, 4.69) is 5.32 Å². The minimum Gasteiger partial charge on any atom is -0.384 e. The third-order valence-corrected chi connectivity index (χ3v) is 3.52. The maximum absolute atomic E-state index is 13.7. The van der Waals surface area contributed by atoms with Gasteiger partial charge in [0, 0.05) is 18.2 Å². The van der Waals surface area contributed by atoms with Crippen molar-refractivity contribution in [1.82, 2.24) is 5.32 Å². The fourth-order valence-electron chi connectivity index (χ4n) is 2.19. The van der Waals surface area contributed by atoms with Crippen LogP contribution in [0.25, 0.3) is 0 Å². The summed E-state index contributed by atoms with van der Waals surface area (Å²) in [4.78, 5) is 0. The first kappa shape index (κ1) is 14.7. The van der Waals surface area contributed by atoms with Gasteiger partial charge in [-0.1, -0.05) is 48.5 Å². The maximum Gasteiger partial charge on any atom is 0.127 e. The molecular formula is C17H20FNO. The van der Waals surface area contributed by atoms with Crippen LogP contribution in [0.2, 0.25) is 0 Å². The van der Waals surface area contributed by atoms with Gasteiger partial charge >= 0.3 is 0 Å². The molecule has 0 aliphatic carbocycles. The number of benzene rings is 2. The van der Waals surface area contributed by atoms with Gasteiger partial charge in [0.2, 0.25) is 0 Å². The zero-order valence-electron chi connectivity index (χ0n) is 11.8. The third kappa shape index (κ3) is 3.44. The average molecular weight is 273 g/mol. The van der Waals surface area contributed by atoms with E-state index in [1.54, 1.807) is 19.1 Å². The molecule has 106 valence electrons. The largest absolute Gasteiger partial charge is 0.384 e. The Hall–Kier alpha value is -1.71. The summed E-state index contributed by atoms with van der Waals surface area (Å²) in [6.45, 7) is 4.00. The lowest BCUT2D eigenvalue weighted by atomic mass is 9.95. The zero-order chi connectivity index (χ0) is 14.6. The molecule has 0 amide bonds. The molecular weight excluding hydrogens is 253 g/mol. The summed E-state index contributed by atoms with van der Waals surface area (Å²) in [6.07, 6.45) is 0. The van der Waals surface area contributed by atoms with Crippen molar-refractivity contribution in [2.24, 2.45) is 0 Å². The van der Waals surface area contributed by atoms with Crippen molar-refractivity contribution in [2.75, 3.05) is 6.54 Å². The number of hydrogen-bond donors (Lipinski definition) is 2. The predicted octanol–water partition coefficient (Wildman–Crippen LogP) is 3.38. The van der Waals surface area contributed by atoms with Crippen LogP contribution in [0.15, 0.2) is 54.6 Å². The first-order chi connectivity index (χ1) is 9.50. The van der Waals surface area contributed by atoms with Crippen molar-refractivity contribution in [3.05, 3.63) is 71.5 Å². The highest BCUT2D eigenvalue weighted by Crippen LogP contribution is 2.22. The van der Waals surface area contributed by atoms with Crippen LogP contribution in [-0.2, 0) is 5.60 Å². The standard InChI is InChI=1S/C17H20FNO/c1-13(15-10-6-7-11-16(15)18)19-12-17(2,20)14-8-4-3-5-9-14/h3-11,13,19-20H,12H2,1-2H3. The Bertz CT molecular complexity index is 554. The highest BCUT2D eigenvalue weighted by atomic mass is 19.1. The predicted molar refractivity (Wildman–Crippen MR) is 78.8 cm³/mol. The first-order valence-electron chi connectivity index (χ1n) is 6.76. The minimum atomic E-state index is -0.985. The normalized spacial score (nSPS) is 15.6. The van der Waals surface area contributed by atoms with E-state index >= 15 is 0 Å². The number of hydrogen-bond acceptors (Lipinski definition) is 2. The van der Waals surface area contributed by atoms with Crippen molar-refractivity contribution in [3.8, 4) is 0 Å².